The first kappa shape index (κ1) is 20.8. The van der Waals surface area contributed by atoms with Gasteiger partial charge in [-0.05, 0) is 40.7 Å². The first-order valence-electron chi connectivity index (χ1n) is 10.4. The van der Waals surface area contributed by atoms with E-state index < -0.39 is 6.09 Å². The predicted molar refractivity (Wildman–Crippen MR) is 114 cm³/mol. The molecule has 1 aliphatic carbocycles. The molecule has 1 saturated carbocycles. The van der Waals surface area contributed by atoms with Gasteiger partial charge in [-0.1, -0.05) is 51.4 Å². The third-order valence-corrected chi connectivity index (χ3v) is 6.38. The molecule has 5 nitrogen and oxygen atoms in total. The molecule has 1 aliphatic heterocycles. The van der Waals surface area contributed by atoms with Gasteiger partial charge >= 0.3 is 6.09 Å². The van der Waals surface area contributed by atoms with Crippen molar-refractivity contribution in [3.8, 4) is 0 Å². The molecule has 1 heterocycles. The molecule has 0 unspecified atom stereocenters. The van der Waals surface area contributed by atoms with Crippen LogP contribution in [0.1, 0.15) is 51.2 Å². The average molecular weight is 384 g/mol. The van der Waals surface area contributed by atoms with Gasteiger partial charge in [-0.25, -0.2) is 4.79 Å². The SMILES string of the molecule is Bc1cc([C@H]2[C@@H]3CN(C(=O)[C@H](CC)CNC(=O)OC)C[C@@H]32)cc(C(C)(C)C)c1. The van der Waals surface area contributed by atoms with E-state index >= 15 is 0 Å². The summed E-state index contributed by atoms with van der Waals surface area (Å²) in [5.74, 6) is 1.71. The Kier molecular flexibility index (Phi) is 5.78. The number of alkyl carbamates (subject to hydrolysis) is 1. The van der Waals surface area contributed by atoms with E-state index in [4.69, 9.17) is 0 Å². The van der Waals surface area contributed by atoms with Gasteiger partial charge in [0.05, 0.1) is 13.0 Å². The number of hydrogen-bond donors (Lipinski definition) is 1. The summed E-state index contributed by atoms with van der Waals surface area (Å²) in [4.78, 5) is 26.2. The number of piperidine rings is 1. The summed E-state index contributed by atoms with van der Waals surface area (Å²) >= 11 is 0. The third-order valence-electron chi connectivity index (χ3n) is 6.38. The van der Waals surface area contributed by atoms with Crippen LogP contribution in [0.2, 0.25) is 0 Å². The minimum absolute atomic E-state index is 0.147. The van der Waals surface area contributed by atoms with Gasteiger partial charge in [0.2, 0.25) is 5.91 Å². The van der Waals surface area contributed by atoms with Crippen molar-refractivity contribution in [1.82, 2.24) is 10.2 Å². The third kappa shape index (κ3) is 4.21. The quantitative estimate of drug-likeness (QED) is 0.788. The van der Waals surface area contributed by atoms with Crippen LogP contribution in [0.5, 0.6) is 0 Å². The minimum Gasteiger partial charge on any atom is -0.453 e. The molecule has 2 amide bonds. The molecular formula is C22H33BN2O3. The number of nitrogens with one attached hydrogen (secondary N) is 1. The van der Waals surface area contributed by atoms with E-state index in [0.29, 0.717) is 30.7 Å². The summed E-state index contributed by atoms with van der Waals surface area (Å²) in [5.41, 5.74) is 4.29. The maximum absolute atomic E-state index is 12.9. The summed E-state index contributed by atoms with van der Waals surface area (Å²) in [6.45, 7) is 10.8. The number of ether oxygens (including phenoxy) is 1. The first-order chi connectivity index (χ1) is 13.2. The summed E-state index contributed by atoms with van der Waals surface area (Å²) in [5, 5.41) is 2.66. The highest BCUT2D eigenvalue weighted by Crippen LogP contribution is 2.58. The van der Waals surface area contributed by atoms with Gasteiger partial charge in [-0.3, -0.25) is 4.79 Å². The number of carbonyl (C=O) groups is 2. The second kappa shape index (κ2) is 7.80. The van der Waals surface area contributed by atoms with Crippen LogP contribution in [-0.2, 0) is 14.9 Å². The van der Waals surface area contributed by atoms with Crippen molar-refractivity contribution >= 4 is 25.3 Å². The van der Waals surface area contributed by atoms with Crippen molar-refractivity contribution in [2.75, 3.05) is 26.7 Å². The van der Waals surface area contributed by atoms with Gasteiger partial charge in [0.1, 0.15) is 7.85 Å². The Hall–Kier alpha value is -1.98. The molecule has 152 valence electrons. The number of carbonyl (C=O) groups excluding carboxylic acids is 2. The van der Waals surface area contributed by atoms with Crippen LogP contribution in [0.15, 0.2) is 18.2 Å². The van der Waals surface area contributed by atoms with Crippen molar-refractivity contribution in [3.05, 3.63) is 29.3 Å². The van der Waals surface area contributed by atoms with E-state index in [0.717, 1.165) is 13.1 Å². The Labute approximate surface area is 169 Å². The normalized spacial score (nSPS) is 24.5. The van der Waals surface area contributed by atoms with Crippen LogP contribution < -0.4 is 10.8 Å². The molecule has 1 saturated heterocycles. The van der Waals surface area contributed by atoms with Crippen LogP contribution in [0.4, 0.5) is 4.79 Å². The van der Waals surface area contributed by atoms with Crippen LogP contribution >= 0.6 is 0 Å². The molecule has 2 aliphatic rings. The molecular weight excluding hydrogens is 351 g/mol. The number of nitrogens with zero attached hydrogens (tertiary/aromatic N) is 1. The lowest BCUT2D eigenvalue weighted by Gasteiger charge is -2.26. The molecule has 0 aromatic heterocycles. The van der Waals surface area contributed by atoms with Gasteiger partial charge in [0.15, 0.2) is 0 Å². The number of methoxy groups -OCH3 is 1. The van der Waals surface area contributed by atoms with E-state index in [2.05, 4.69) is 56.9 Å². The van der Waals surface area contributed by atoms with Crippen LogP contribution in [-0.4, -0.2) is 51.5 Å². The fraction of sp³-hybridized carbons (Fsp3) is 0.636. The number of hydrogen-bond acceptors (Lipinski definition) is 3. The Morgan fingerprint density at radius 3 is 2.43 bits per heavy atom. The lowest BCUT2D eigenvalue weighted by Crippen LogP contribution is -2.41. The maximum atomic E-state index is 12.9. The maximum Gasteiger partial charge on any atom is 0.406 e. The minimum atomic E-state index is -0.482. The molecule has 2 fully saturated rings. The topological polar surface area (TPSA) is 58.6 Å². The molecule has 0 spiro atoms. The van der Waals surface area contributed by atoms with Gasteiger partial charge in [-0.2, -0.15) is 0 Å². The molecule has 4 atom stereocenters. The molecule has 1 N–H and O–H groups in total. The standard InChI is InChI=1S/C22H33BN2O3/c1-6-13(10-24-21(27)28-5)20(26)25-11-17-18(12-25)19(17)14-7-15(22(2,3)4)9-16(23)8-14/h7-9,13,17-19H,6,10-12,23H2,1-5H3,(H,24,27)/t13-,17-,18+,19+/m1/s1. The van der Waals surface area contributed by atoms with Crippen LogP contribution in [0, 0.1) is 17.8 Å². The van der Waals surface area contributed by atoms with Crippen molar-refractivity contribution in [1.29, 1.82) is 0 Å². The number of fused-ring (bicyclic) bond motifs is 1. The van der Waals surface area contributed by atoms with Crippen molar-refractivity contribution in [2.45, 2.75) is 45.4 Å². The van der Waals surface area contributed by atoms with Gasteiger partial charge in [0, 0.05) is 19.6 Å². The summed E-state index contributed by atoms with van der Waals surface area (Å²) < 4.78 is 4.61. The largest absolute Gasteiger partial charge is 0.453 e. The zero-order chi connectivity index (χ0) is 20.6. The average Bonchev–Trinajstić information content (AvgIpc) is 3.14. The van der Waals surface area contributed by atoms with Crippen molar-refractivity contribution in [2.24, 2.45) is 17.8 Å². The number of likely N-dealkylation sites (tertiary alicyclic amines) is 1. The lowest BCUT2D eigenvalue weighted by molar-refractivity contribution is -0.135. The first-order valence-corrected chi connectivity index (χ1v) is 10.4. The zero-order valence-electron chi connectivity index (χ0n) is 18.0. The smallest absolute Gasteiger partial charge is 0.406 e. The molecule has 0 radical (unpaired) electrons. The highest BCUT2D eigenvalue weighted by Gasteiger charge is 2.57. The number of amides is 2. The van der Waals surface area contributed by atoms with E-state index in [9.17, 15) is 9.59 Å². The van der Waals surface area contributed by atoms with E-state index in [1.165, 1.54) is 23.7 Å². The number of benzene rings is 1. The second-order valence-electron chi connectivity index (χ2n) is 9.46. The zero-order valence-corrected chi connectivity index (χ0v) is 18.0. The Morgan fingerprint density at radius 2 is 1.89 bits per heavy atom. The second-order valence-corrected chi connectivity index (χ2v) is 9.46. The Balaban J connectivity index is 1.61. The van der Waals surface area contributed by atoms with Crippen molar-refractivity contribution in [3.63, 3.8) is 0 Å². The van der Waals surface area contributed by atoms with Gasteiger partial charge in [0.25, 0.3) is 0 Å². The highest BCUT2D eigenvalue weighted by molar-refractivity contribution is 6.32. The molecule has 1 aromatic rings. The van der Waals surface area contributed by atoms with E-state index in [-0.39, 0.29) is 17.2 Å². The Bertz CT molecular complexity index is 747. The molecule has 0 bridgehead atoms. The summed E-state index contributed by atoms with van der Waals surface area (Å²) in [6.07, 6.45) is 0.231. The van der Waals surface area contributed by atoms with Crippen molar-refractivity contribution < 1.29 is 14.3 Å². The number of rotatable bonds is 5. The molecule has 1 aromatic carbocycles. The Morgan fingerprint density at radius 1 is 1.25 bits per heavy atom. The summed E-state index contributed by atoms with van der Waals surface area (Å²) in [6, 6.07) is 6.98. The van der Waals surface area contributed by atoms with E-state index in [1.54, 1.807) is 0 Å². The summed E-state index contributed by atoms with van der Waals surface area (Å²) in [7, 11) is 3.51. The fourth-order valence-corrected chi connectivity index (χ4v) is 4.58. The predicted octanol–water partition coefficient (Wildman–Crippen LogP) is 1.80. The fourth-order valence-electron chi connectivity index (χ4n) is 4.58. The molecule has 28 heavy (non-hydrogen) atoms. The van der Waals surface area contributed by atoms with Crippen LogP contribution in [0.3, 0.4) is 0 Å². The lowest BCUT2D eigenvalue weighted by atomic mass is 9.81. The van der Waals surface area contributed by atoms with E-state index in [1.807, 2.05) is 11.8 Å². The molecule has 3 rings (SSSR count). The highest BCUT2D eigenvalue weighted by atomic mass is 16.5. The molecule has 6 heteroatoms. The van der Waals surface area contributed by atoms with Crippen LogP contribution in [0.25, 0.3) is 0 Å². The van der Waals surface area contributed by atoms with Gasteiger partial charge in [-0.15, -0.1) is 0 Å². The van der Waals surface area contributed by atoms with Gasteiger partial charge < -0.3 is 15.0 Å². The monoisotopic (exact) mass is 384 g/mol.